The number of benzene rings is 2. The molecule has 0 aliphatic rings. The first-order valence-corrected chi connectivity index (χ1v) is 9.67. The third-order valence-corrected chi connectivity index (χ3v) is 5.08. The first kappa shape index (κ1) is 18.0. The van der Waals surface area contributed by atoms with Gasteiger partial charge in [0.2, 0.25) is 5.91 Å². The van der Waals surface area contributed by atoms with E-state index in [1.54, 1.807) is 11.3 Å². The SMILES string of the molecule is Cc1nc(-c2cccc(NC(=O)C(Cc3ccccc3)n3cnnn3)c2)cs1. The zero-order valence-corrected chi connectivity index (χ0v) is 16.0. The van der Waals surface area contributed by atoms with Crippen molar-refractivity contribution in [3.8, 4) is 11.3 Å². The molecule has 0 bridgehead atoms. The Hall–Kier alpha value is -3.39. The number of amides is 1. The molecule has 1 atom stereocenters. The molecule has 140 valence electrons. The number of carbonyl (C=O) groups is 1. The molecule has 0 radical (unpaired) electrons. The van der Waals surface area contributed by atoms with Crippen LogP contribution in [0.15, 0.2) is 66.3 Å². The monoisotopic (exact) mass is 390 g/mol. The lowest BCUT2D eigenvalue weighted by atomic mass is 10.1. The predicted molar refractivity (Wildman–Crippen MR) is 108 cm³/mol. The van der Waals surface area contributed by atoms with Crippen LogP contribution in [0.1, 0.15) is 16.6 Å². The number of aryl methyl sites for hydroxylation is 1. The van der Waals surface area contributed by atoms with E-state index in [1.165, 1.54) is 11.0 Å². The Morgan fingerprint density at radius 2 is 2.04 bits per heavy atom. The summed E-state index contributed by atoms with van der Waals surface area (Å²) in [5.41, 5.74) is 3.60. The van der Waals surface area contributed by atoms with Crippen LogP contribution in [0.4, 0.5) is 5.69 Å². The summed E-state index contributed by atoms with van der Waals surface area (Å²) in [5, 5.41) is 17.3. The van der Waals surface area contributed by atoms with Gasteiger partial charge in [-0.2, -0.15) is 0 Å². The van der Waals surface area contributed by atoms with Crippen molar-refractivity contribution in [1.82, 2.24) is 25.2 Å². The highest BCUT2D eigenvalue weighted by Crippen LogP contribution is 2.25. The number of rotatable bonds is 6. The number of nitrogens with one attached hydrogen (secondary N) is 1. The van der Waals surface area contributed by atoms with Gasteiger partial charge in [0.1, 0.15) is 12.4 Å². The Bertz CT molecular complexity index is 1060. The van der Waals surface area contributed by atoms with E-state index in [0.717, 1.165) is 21.8 Å². The Morgan fingerprint density at radius 3 is 2.75 bits per heavy atom. The van der Waals surface area contributed by atoms with E-state index < -0.39 is 6.04 Å². The lowest BCUT2D eigenvalue weighted by Gasteiger charge is -2.16. The van der Waals surface area contributed by atoms with Crippen LogP contribution in [0.3, 0.4) is 0 Å². The summed E-state index contributed by atoms with van der Waals surface area (Å²) in [4.78, 5) is 17.5. The molecular weight excluding hydrogens is 372 g/mol. The largest absolute Gasteiger partial charge is 0.324 e. The molecule has 2 heterocycles. The van der Waals surface area contributed by atoms with Crippen molar-refractivity contribution in [3.63, 3.8) is 0 Å². The van der Waals surface area contributed by atoms with Gasteiger partial charge >= 0.3 is 0 Å². The number of carbonyl (C=O) groups excluding carboxylic acids is 1. The van der Waals surface area contributed by atoms with E-state index in [-0.39, 0.29) is 5.91 Å². The molecule has 0 spiro atoms. The van der Waals surface area contributed by atoms with Crippen LogP contribution in [0.25, 0.3) is 11.3 Å². The summed E-state index contributed by atoms with van der Waals surface area (Å²) in [6.07, 6.45) is 1.95. The Morgan fingerprint density at radius 1 is 1.18 bits per heavy atom. The number of aromatic nitrogens is 5. The van der Waals surface area contributed by atoms with E-state index >= 15 is 0 Å². The molecule has 28 heavy (non-hydrogen) atoms. The van der Waals surface area contributed by atoms with Gasteiger partial charge < -0.3 is 5.32 Å². The quantitative estimate of drug-likeness (QED) is 0.544. The standard InChI is InChI=1S/C20H18N6OS/c1-14-22-18(12-28-14)16-8-5-9-17(11-16)23-20(27)19(26-13-21-24-25-26)10-15-6-3-2-4-7-15/h2-9,11-13,19H,10H2,1H3,(H,23,27). The van der Waals surface area contributed by atoms with Crippen molar-refractivity contribution < 1.29 is 4.79 Å². The van der Waals surface area contributed by atoms with Crippen molar-refractivity contribution in [2.45, 2.75) is 19.4 Å². The highest BCUT2D eigenvalue weighted by Gasteiger charge is 2.22. The minimum Gasteiger partial charge on any atom is -0.324 e. The molecule has 1 N–H and O–H groups in total. The smallest absolute Gasteiger partial charge is 0.249 e. The first-order chi connectivity index (χ1) is 13.7. The average Bonchev–Trinajstić information content (AvgIpc) is 3.39. The second-order valence-corrected chi connectivity index (χ2v) is 7.38. The molecule has 2 aromatic heterocycles. The molecule has 7 nitrogen and oxygen atoms in total. The maximum atomic E-state index is 13.0. The Kier molecular flexibility index (Phi) is 5.20. The van der Waals surface area contributed by atoms with Gasteiger partial charge in [-0.15, -0.1) is 16.4 Å². The van der Waals surface area contributed by atoms with Crippen LogP contribution < -0.4 is 5.32 Å². The molecule has 0 saturated heterocycles. The van der Waals surface area contributed by atoms with E-state index in [9.17, 15) is 4.79 Å². The summed E-state index contributed by atoms with van der Waals surface area (Å²) < 4.78 is 1.48. The maximum Gasteiger partial charge on any atom is 0.249 e. The number of anilines is 1. The lowest BCUT2D eigenvalue weighted by Crippen LogP contribution is -2.28. The Balaban J connectivity index is 1.56. The van der Waals surface area contributed by atoms with Gasteiger partial charge in [0.15, 0.2) is 0 Å². The van der Waals surface area contributed by atoms with Gasteiger partial charge in [0.25, 0.3) is 0 Å². The summed E-state index contributed by atoms with van der Waals surface area (Å²) in [6, 6.07) is 16.9. The molecule has 0 saturated carbocycles. The molecule has 0 aliphatic heterocycles. The van der Waals surface area contributed by atoms with E-state index in [1.807, 2.05) is 66.9 Å². The van der Waals surface area contributed by atoms with Crippen molar-refractivity contribution in [3.05, 3.63) is 76.9 Å². The number of nitrogens with zero attached hydrogens (tertiary/aromatic N) is 5. The number of hydrogen-bond acceptors (Lipinski definition) is 6. The van der Waals surface area contributed by atoms with Crippen LogP contribution in [0, 0.1) is 6.92 Å². The molecule has 8 heteroatoms. The third-order valence-electron chi connectivity index (χ3n) is 4.30. The van der Waals surface area contributed by atoms with Crippen LogP contribution in [-0.2, 0) is 11.2 Å². The zero-order chi connectivity index (χ0) is 19.3. The van der Waals surface area contributed by atoms with E-state index in [2.05, 4.69) is 25.8 Å². The summed E-state index contributed by atoms with van der Waals surface area (Å²) in [6.45, 7) is 1.97. The summed E-state index contributed by atoms with van der Waals surface area (Å²) in [5.74, 6) is -0.178. The third kappa shape index (κ3) is 4.12. The predicted octanol–water partition coefficient (Wildman–Crippen LogP) is 3.53. The molecule has 4 rings (SSSR count). The van der Waals surface area contributed by atoms with Gasteiger partial charge in [-0.1, -0.05) is 42.5 Å². The fourth-order valence-corrected chi connectivity index (χ4v) is 3.55. The lowest BCUT2D eigenvalue weighted by molar-refractivity contribution is -0.119. The minimum absolute atomic E-state index is 0.178. The van der Waals surface area contributed by atoms with Crippen LogP contribution in [0.2, 0.25) is 0 Å². The molecular formula is C20H18N6OS. The maximum absolute atomic E-state index is 13.0. The average molecular weight is 390 g/mol. The number of thiazole rings is 1. The molecule has 1 unspecified atom stereocenters. The highest BCUT2D eigenvalue weighted by molar-refractivity contribution is 7.09. The molecule has 4 aromatic rings. The topological polar surface area (TPSA) is 85.6 Å². The molecule has 2 aromatic carbocycles. The van der Waals surface area contributed by atoms with E-state index in [4.69, 9.17) is 0 Å². The van der Waals surface area contributed by atoms with Crippen molar-refractivity contribution >= 4 is 22.9 Å². The van der Waals surface area contributed by atoms with Crippen molar-refractivity contribution in [2.24, 2.45) is 0 Å². The van der Waals surface area contributed by atoms with Gasteiger partial charge in [-0.05, 0) is 35.0 Å². The second-order valence-electron chi connectivity index (χ2n) is 6.32. The number of tetrazole rings is 1. The normalized spacial score (nSPS) is 11.9. The minimum atomic E-state index is -0.553. The van der Waals surface area contributed by atoms with Crippen molar-refractivity contribution in [2.75, 3.05) is 5.32 Å². The van der Waals surface area contributed by atoms with Gasteiger partial charge in [0, 0.05) is 23.1 Å². The molecule has 0 fully saturated rings. The molecule has 0 aliphatic carbocycles. The molecule has 1 amide bonds. The fourth-order valence-electron chi connectivity index (χ4n) is 2.93. The van der Waals surface area contributed by atoms with Crippen LogP contribution >= 0.6 is 11.3 Å². The van der Waals surface area contributed by atoms with Gasteiger partial charge in [-0.25, -0.2) is 9.67 Å². The van der Waals surface area contributed by atoms with Crippen LogP contribution in [-0.4, -0.2) is 31.1 Å². The van der Waals surface area contributed by atoms with Gasteiger partial charge in [-0.3, -0.25) is 4.79 Å². The van der Waals surface area contributed by atoms with E-state index in [0.29, 0.717) is 12.1 Å². The number of hydrogen-bond donors (Lipinski definition) is 1. The summed E-state index contributed by atoms with van der Waals surface area (Å²) in [7, 11) is 0. The van der Waals surface area contributed by atoms with Crippen LogP contribution in [0.5, 0.6) is 0 Å². The summed E-state index contributed by atoms with van der Waals surface area (Å²) >= 11 is 1.60. The highest BCUT2D eigenvalue weighted by atomic mass is 32.1. The Labute approximate surface area is 166 Å². The fraction of sp³-hybridized carbons (Fsp3) is 0.150. The second kappa shape index (κ2) is 8.10. The van der Waals surface area contributed by atoms with Crippen molar-refractivity contribution in [1.29, 1.82) is 0 Å². The first-order valence-electron chi connectivity index (χ1n) is 8.79. The van der Waals surface area contributed by atoms with Gasteiger partial charge in [0.05, 0.1) is 10.7 Å². The zero-order valence-electron chi connectivity index (χ0n) is 15.2.